The number of fused-ring (bicyclic) bond motifs is 1. The number of nitrogens with one attached hydrogen (secondary N) is 2. The Morgan fingerprint density at radius 2 is 2.03 bits per heavy atom. The molecule has 32 heavy (non-hydrogen) atoms. The summed E-state index contributed by atoms with van der Waals surface area (Å²) in [4.78, 5) is 33.7. The predicted octanol–water partition coefficient (Wildman–Crippen LogP) is 4.27. The van der Waals surface area contributed by atoms with Crippen molar-refractivity contribution in [3.63, 3.8) is 0 Å². The summed E-state index contributed by atoms with van der Waals surface area (Å²) in [7, 11) is 1.67. The second kappa shape index (κ2) is 9.04. The zero-order chi connectivity index (χ0) is 22.8. The molecule has 0 bridgehead atoms. The molecule has 1 aliphatic rings. The Labute approximate surface area is 187 Å². The van der Waals surface area contributed by atoms with Gasteiger partial charge in [-0.1, -0.05) is 6.08 Å². The van der Waals surface area contributed by atoms with Gasteiger partial charge in [-0.05, 0) is 56.5 Å². The fourth-order valence-corrected chi connectivity index (χ4v) is 4.41. The number of hydrogen-bond donors (Lipinski definition) is 2. The zero-order valence-electron chi connectivity index (χ0n) is 19.0. The van der Waals surface area contributed by atoms with Gasteiger partial charge in [0.25, 0.3) is 0 Å². The molecule has 0 unspecified atom stereocenters. The second-order valence-corrected chi connectivity index (χ2v) is 8.10. The van der Waals surface area contributed by atoms with Gasteiger partial charge in [0.05, 0.1) is 31.5 Å². The smallest absolute Gasteiger partial charge is 0.340 e. The van der Waals surface area contributed by atoms with Crippen LogP contribution in [0.5, 0.6) is 5.75 Å². The molecule has 0 atom stereocenters. The lowest BCUT2D eigenvalue weighted by molar-refractivity contribution is 0.0525. The fraction of sp³-hybridized carbons (Fsp3) is 0.360. The molecule has 0 radical (unpaired) electrons. The molecule has 0 saturated heterocycles. The molecule has 2 aromatic heterocycles. The summed E-state index contributed by atoms with van der Waals surface area (Å²) in [6.45, 7) is 7.45. The number of nitrogens with zero attached hydrogens (tertiary/aromatic N) is 1. The Hall–Kier alpha value is -3.32. The Kier molecular flexibility index (Phi) is 6.19. The minimum absolute atomic E-state index is 0.0187. The maximum Gasteiger partial charge on any atom is 0.340 e. The summed E-state index contributed by atoms with van der Waals surface area (Å²) in [5.41, 5.74) is 5.81. The van der Waals surface area contributed by atoms with E-state index in [0.717, 1.165) is 29.6 Å². The third kappa shape index (κ3) is 4.08. The lowest BCUT2D eigenvalue weighted by Gasteiger charge is -2.25. The van der Waals surface area contributed by atoms with E-state index in [9.17, 15) is 9.59 Å². The maximum absolute atomic E-state index is 13.0. The molecule has 0 spiro atoms. The molecule has 168 valence electrons. The first kappa shape index (κ1) is 21.9. The number of carbonyl (C=O) groups excluding carboxylic acids is 2. The van der Waals surface area contributed by atoms with Gasteiger partial charge in [-0.2, -0.15) is 0 Å². The van der Waals surface area contributed by atoms with Gasteiger partial charge < -0.3 is 19.4 Å². The first-order chi connectivity index (χ1) is 15.4. The molecule has 3 heterocycles. The molecular weight excluding hydrogens is 406 g/mol. The van der Waals surface area contributed by atoms with Crippen LogP contribution in [0.3, 0.4) is 0 Å². The summed E-state index contributed by atoms with van der Waals surface area (Å²) in [5, 5.41) is 1.14. The van der Waals surface area contributed by atoms with Crippen molar-refractivity contribution in [2.75, 3.05) is 33.4 Å². The van der Waals surface area contributed by atoms with Gasteiger partial charge >= 0.3 is 5.97 Å². The average molecular weight is 436 g/mol. The van der Waals surface area contributed by atoms with Crippen LogP contribution in [0.1, 0.15) is 51.0 Å². The highest BCUT2D eigenvalue weighted by molar-refractivity contribution is 6.02. The number of ketones is 1. The van der Waals surface area contributed by atoms with Crippen molar-refractivity contribution in [1.82, 2.24) is 14.9 Å². The van der Waals surface area contributed by atoms with Crippen molar-refractivity contribution < 1.29 is 19.1 Å². The average Bonchev–Trinajstić information content (AvgIpc) is 3.34. The first-order valence-electron chi connectivity index (χ1n) is 10.9. The number of methoxy groups -OCH3 is 1. The van der Waals surface area contributed by atoms with Gasteiger partial charge in [0.1, 0.15) is 5.75 Å². The van der Waals surface area contributed by atoms with Crippen molar-refractivity contribution in [2.24, 2.45) is 0 Å². The topological polar surface area (TPSA) is 87.4 Å². The number of rotatable bonds is 7. The van der Waals surface area contributed by atoms with Crippen LogP contribution in [0, 0.1) is 13.8 Å². The van der Waals surface area contributed by atoms with Crippen molar-refractivity contribution in [3.05, 3.63) is 58.6 Å². The molecule has 4 rings (SSSR count). The van der Waals surface area contributed by atoms with E-state index in [2.05, 4.69) is 27.0 Å². The molecule has 7 nitrogen and oxygen atoms in total. The van der Waals surface area contributed by atoms with E-state index < -0.39 is 5.97 Å². The zero-order valence-corrected chi connectivity index (χ0v) is 19.0. The summed E-state index contributed by atoms with van der Waals surface area (Å²) in [6, 6.07) is 6.02. The highest BCUT2D eigenvalue weighted by Crippen LogP contribution is 2.31. The van der Waals surface area contributed by atoms with Crippen molar-refractivity contribution in [2.45, 2.75) is 27.2 Å². The maximum atomic E-state index is 13.0. The molecule has 0 saturated carbocycles. The number of ether oxygens (including phenoxy) is 2. The van der Waals surface area contributed by atoms with Crippen molar-refractivity contribution >= 4 is 28.2 Å². The largest absolute Gasteiger partial charge is 0.497 e. The quantitative estimate of drug-likeness (QED) is 0.427. The number of benzene rings is 1. The van der Waals surface area contributed by atoms with Gasteiger partial charge in [0.15, 0.2) is 5.78 Å². The minimum atomic E-state index is -0.390. The van der Waals surface area contributed by atoms with E-state index in [1.807, 2.05) is 18.3 Å². The van der Waals surface area contributed by atoms with Gasteiger partial charge in [0, 0.05) is 41.4 Å². The monoisotopic (exact) mass is 435 g/mol. The number of Topliss-reactive ketones (excluding diaryl/α,β-unsaturated/α-hetero) is 1. The number of esters is 1. The summed E-state index contributed by atoms with van der Waals surface area (Å²) >= 11 is 0. The molecule has 7 heteroatoms. The molecule has 1 aromatic carbocycles. The Morgan fingerprint density at radius 1 is 1.22 bits per heavy atom. The SMILES string of the molecule is CCOC(=O)c1c(C)[nH]c(C(=O)CN2CC=C(c3c[nH]c4ccc(OC)cc34)CC2)c1C. The summed E-state index contributed by atoms with van der Waals surface area (Å²) in [6.07, 6.45) is 5.09. The van der Waals surface area contributed by atoms with Crippen LogP contribution < -0.4 is 4.74 Å². The van der Waals surface area contributed by atoms with Crippen molar-refractivity contribution in [3.8, 4) is 5.75 Å². The third-order valence-electron chi connectivity index (χ3n) is 6.09. The summed E-state index contributed by atoms with van der Waals surface area (Å²) < 4.78 is 10.5. The van der Waals surface area contributed by atoms with E-state index in [1.165, 1.54) is 11.1 Å². The number of H-pyrrole nitrogens is 2. The number of hydrogen-bond acceptors (Lipinski definition) is 5. The normalized spacial score (nSPS) is 14.4. The van der Waals surface area contributed by atoms with Gasteiger partial charge in [-0.25, -0.2) is 4.79 Å². The minimum Gasteiger partial charge on any atom is -0.497 e. The second-order valence-electron chi connectivity index (χ2n) is 8.10. The predicted molar refractivity (Wildman–Crippen MR) is 124 cm³/mol. The number of aromatic nitrogens is 2. The van der Waals surface area contributed by atoms with E-state index in [0.29, 0.717) is 42.2 Å². The lowest BCUT2D eigenvalue weighted by Crippen LogP contribution is -2.33. The Balaban J connectivity index is 1.47. The highest BCUT2D eigenvalue weighted by atomic mass is 16.5. The number of carbonyl (C=O) groups is 2. The fourth-order valence-electron chi connectivity index (χ4n) is 4.41. The molecule has 1 aliphatic heterocycles. The van der Waals surface area contributed by atoms with Crippen molar-refractivity contribution in [1.29, 1.82) is 0 Å². The number of aryl methyl sites for hydroxylation is 1. The van der Waals surface area contributed by atoms with Crippen LogP contribution in [0.2, 0.25) is 0 Å². The molecule has 3 aromatic rings. The molecule has 2 N–H and O–H groups in total. The number of aromatic amines is 2. The lowest BCUT2D eigenvalue weighted by atomic mass is 9.98. The van der Waals surface area contributed by atoms with E-state index >= 15 is 0 Å². The van der Waals surface area contributed by atoms with Gasteiger partial charge in [-0.15, -0.1) is 0 Å². The van der Waals surface area contributed by atoms with Crippen LogP contribution in [-0.2, 0) is 4.74 Å². The Morgan fingerprint density at radius 3 is 2.72 bits per heavy atom. The molecule has 0 amide bonds. The Bertz CT molecular complexity index is 1200. The standard InChI is InChI=1S/C25H29N3O4/c1-5-32-25(30)23-15(2)24(27-16(23)3)22(29)14-28-10-8-17(9-11-28)20-13-26-21-7-6-18(31-4)12-19(20)21/h6-8,12-13,26-27H,5,9-11,14H2,1-4H3. The van der Waals surface area contributed by atoms with Gasteiger partial charge in [-0.3, -0.25) is 9.69 Å². The molecular formula is C25H29N3O4. The van der Waals surface area contributed by atoms with Crippen LogP contribution in [0.4, 0.5) is 0 Å². The first-order valence-corrected chi connectivity index (χ1v) is 10.9. The third-order valence-corrected chi connectivity index (χ3v) is 6.09. The van der Waals surface area contributed by atoms with Crippen LogP contribution in [0.25, 0.3) is 16.5 Å². The van der Waals surface area contributed by atoms with E-state index in [4.69, 9.17) is 9.47 Å². The molecule has 0 aliphatic carbocycles. The highest BCUT2D eigenvalue weighted by Gasteiger charge is 2.25. The van der Waals surface area contributed by atoms with E-state index in [-0.39, 0.29) is 5.78 Å². The van der Waals surface area contributed by atoms with Gasteiger partial charge in [0.2, 0.25) is 0 Å². The van der Waals surface area contributed by atoms with E-state index in [1.54, 1.807) is 27.9 Å². The van der Waals surface area contributed by atoms with Crippen LogP contribution >= 0.6 is 0 Å². The van der Waals surface area contributed by atoms with Crippen LogP contribution in [0.15, 0.2) is 30.5 Å². The van der Waals surface area contributed by atoms with Crippen LogP contribution in [-0.4, -0.2) is 60.0 Å². The summed E-state index contributed by atoms with van der Waals surface area (Å²) in [5.74, 6) is 0.425. The molecule has 0 fully saturated rings.